The molecule has 0 aromatic carbocycles. The number of nitrogens with zero attached hydrogens (tertiary/aromatic N) is 4. The van der Waals surface area contributed by atoms with Gasteiger partial charge in [-0.2, -0.15) is 4.31 Å². The fourth-order valence-electron chi connectivity index (χ4n) is 3.63. The van der Waals surface area contributed by atoms with E-state index >= 15 is 0 Å². The maximum Gasteiger partial charge on any atom is 0.335 e. The predicted molar refractivity (Wildman–Crippen MR) is 98.2 cm³/mol. The van der Waals surface area contributed by atoms with Gasteiger partial charge in [0.1, 0.15) is 0 Å². The molecule has 0 bridgehead atoms. The van der Waals surface area contributed by atoms with Gasteiger partial charge in [0.25, 0.3) is 0 Å². The second-order valence-corrected chi connectivity index (χ2v) is 12.0. The minimum absolute atomic E-state index is 0.0850. The molecule has 3 rings (SSSR count). The van der Waals surface area contributed by atoms with Crippen LogP contribution in [0.25, 0.3) is 0 Å². The van der Waals surface area contributed by atoms with Gasteiger partial charge in [0.05, 0.1) is 23.4 Å². The Balaban J connectivity index is 1.60. The highest BCUT2D eigenvalue weighted by atomic mass is 32.2. The first kappa shape index (κ1) is 21.1. The molecule has 0 radical (unpaired) electrons. The molecule has 0 aliphatic carbocycles. The lowest BCUT2D eigenvalue weighted by molar-refractivity contribution is -0.144. The topological polar surface area (TPSA) is 132 Å². The monoisotopic (exact) mass is 436 g/mol. The molecule has 13 heteroatoms. The number of sulfone groups is 1. The number of carbonyl (C=O) groups is 3. The van der Waals surface area contributed by atoms with E-state index < -0.39 is 49.0 Å². The molecule has 0 spiro atoms. The summed E-state index contributed by atoms with van der Waals surface area (Å²) in [4.78, 5) is 39.9. The van der Waals surface area contributed by atoms with Crippen molar-refractivity contribution in [3.8, 4) is 0 Å². The lowest BCUT2D eigenvalue weighted by Gasteiger charge is -2.36. The van der Waals surface area contributed by atoms with Crippen LogP contribution in [0, 0.1) is 0 Å². The van der Waals surface area contributed by atoms with Crippen LogP contribution in [-0.2, 0) is 29.4 Å². The lowest BCUT2D eigenvalue weighted by atomic mass is 10.3. The zero-order valence-electron chi connectivity index (χ0n) is 15.8. The fraction of sp³-hybridized carbons (Fsp3) is 0.800. The summed E-state index contributed by atoms with van der Waals surface area (Å²) >= 11 is 0. The minimum Gasteiger partial charge on any atom is -0.283 e. The molecule has 0 saturated carbocycles. The van der Waals surface area contributed by atoms with E-state index in [2.05, 4.69) is 0 Å². The van der Waals surface area contributed by atoms with Crippen molar-refractivity contribution in [2.24, 2.45) is 0 Å². The average Bonchev–Trinajstić information content (AvgIpc) is 3.08. The van der Waals surface area contributed by atoms with Crippen molar-refractivity contribution in [3.05, 3.63) is 0 Å². The Labute approximate surface area is 164 Å². The van der Waals surface area contributed by atoms with E-state index in [1.54, 1.807) is 18.7 Å². The number of sulfonamides is 1. The maximum atomic E-state index is 12.7. The Kier molecular flexibility index (Phi) is 5.55. The average molecular weight is 437 g/mol. The van der Waals surface area contributed by atoms with Gasteiger partial charge in [0.2, 0.25) is 10.0 Å². The van der Waals surface area contributed by atoms with Crippen LogP contribution in [0.2, 0.25) is 0 Å². The molecule has 3 fully saturated rings. The number of amides is 4. The highest BCUT2D eigenvalue weighted by molar-refractivity contribution is 7.95. The Morgan fingerprint density at radius 3 is 2.11 bits per heavy atom. The quantitative estimate of drug-likeness (QED) is 0.367. The maximum absolute atomic E-state index is 12.7. The third-order valence-electron chi connectivity index (χ3n) is 5.24. The first-order valence-corrected chi connectivity index (χ1v) is 12.4. The Hall–Kier alpha value is -1.57. The lowest BCUT2D eigenvalue weighted by Crippen LogP contribution is -2.54. The van der Waals surface area contributed by atoms with Crippen molar-refractivity contribution in [1.29, 1.82) is 0 Å². The second kappa shape index (κ2) is 7.35. The van der Waals surface area contributed by atoms with Gasteiger partial charge in [-0.15, -0.1) is 0 Å². The number of urea groups is 1. The summed E-state index contributed by atoms with van der Waals surface area (Å²) in [6, 6.07) is -1.10. The molecule has 1 unspecified atom stereocenters. The van der Waals surface area contributed by atoms with E-state index in [1.807, 2.05) is 0 Å². The van der Waals surface area contributed by atoms with E-state index in [-0.39, 0.29) is 50.8 Å². The van der Waals surface area contributed by atoms with Crippen molar-refractivity contribution in [2.45, 2.75) is 31.6 Å². The van der Waals surface area contributed by atoms with Gasteiger partial charge in [-0.3, -0.25) is 19.4 Å². The molecule has 28 heavy (non-hydrogen) atoms. The first-order valence-electron chi connectivity index (χ1n) is 9.05. The van der Waals surface area contributed by atoms with Crippen LogP contribution in [0.5, 0.6) is 0 Å². The molecule has 3 saturated heterocycles. The van der Waals surface area contributed by atoms with Gasteiger partial charge < -0.3 is 0 Å². The van der Waals surface area contributed by atoms with E-state index in [4.69, 9.17) is 0 Å². The summed E-state index contributed by atoms with van der Waals surface area (Å²) in [5.74, 6) is -2.20. The summed E-state index contributed by atoms with van der Waals surface area (Å²) in [6.07, 6.45) is 0.106. The molecule has 3 heterocycles. The largest absolute Gasteiger partial charge is 0.335 e. The van der Waals surface area contributed by atoms with Crippen LogP contribution in [0.15, 0.2) is 0 Å². The van der Waals surface area contributed by atoms with Gasteiger partial charge in [-0.25, -0.2) is 26.5 Å². The SMILES string of the molecule is CC(C)N1C(=O)C(=O)N(CN2CCN(S(=O)(=O)C3CCS(=O)(=O)C3)CC2)C1=O. The van der Waals surface area contributed by atoms with Gasteiger partial charge in [-0.05, 0) is 20.3 Å². The van der Waals surface area contributed by atoms with Crippen molar-refractivity contribution in [2.75, 3.05) is 44.4 Å². The summed E-state index contributed by atoms with van der Waals surface area (Å²) < 4.78 is 49.8. The van der Waals surface area contributed by atoms with Gasteiger partial charge in [0.15, 0.2) is 9.84 Å². The number of rotatable bonds is 5. The zero-order valence-corrected chi connectivity index (χ0v) is 17.4. The van der Waals surface area contributed by atoms with E-state index in [1.165, 1.54) is 4.31 Å². The molecule has 4 amide bonds. The minimum atomic E-state index is -3.72. The van der Waals surface area contributed by atoms with Gasteiger partial charge >= 0.3 is 17.8 Å². The molecule has 3 aliphatic heterocycles. The standard InChI is InChI=1S/C15H24N4O7S2/c1-11(2)19-14(21)13(20)18(15(19)22)10-16-4-6-17(7-5-16)28(25,26)12-3-8-27(23,24)9-12/h11-12H,3-10H2,1-2H3. The van der Waals surface area contributed by atoms with Gasteiger partial charge in [0, 0.05) is 32.2 Å². The molecule has 11 nitrogen and oxygen atoms in total. The Bertz CT molecular complexity index is 891. The van der Waals surface area contributed by atoms with Crippen LogP contribution in [-0.4, -0.2) is 109 Å². The van der Waals surface area contributed by atoms with Crippen molar-refractivity contribution in [3.63, 3.8) is 0 Å². The van der Waals surface area contributed by atoms with E-state index in [9.17, 15) is 31.2 Å². The first-order chi connectivity index (χ1) is 12.9. The zero-order chi connectivity index (χ0) is 20.9. The van der Waals surface area contributed by atoms with Crippen molar-refractivity contribution in [1.82, 2.24) is 19.0 Å². The number of piperazine rings is 1. The highest BCUT2D eigenvalue weighted by Gasteiger charge is 2.47. The molecule has 158 valence electrons. The Morgan fingerprint density at radius 1 is 1.04 bits per heavy atom. The van der Waals surface area contributed by atoms with Crippen molar-refractivity contribution >= 4 is 37.7 Å². The van der Waals surface area contributed by atoms with Crippen LogP contribution in [0.4, 0.5) is 4.79 Å². The van der Waals surface area contributed by atoms with Gasteiger partial charge in [-0.1, -0.05) is 0 Å². The summed E-state index contributed by atoms with van der Waals surface area (Å²) in [5.41, 5.74) is 0. The van der Waals surface area contributed by atoms with Crippen LogP contribution >= 0.6 is 0 Å². The summed E-state index contributed by atoms with van der Waals surface area (Å²) in [7, 11) is -7.02. The summed E-state index contributed by atoms with van der Waals surface area (Å²) in [6.45, 7) is 4.00. The molecule has 1 atom stereocenters. The summed E-state index contributed by atoms with van der Waals surface area (Å²) in [5, 5.41) is -0.914. The van der Waals surface area contributed by atoms with Crippen LogP contribution in [0.3, 0.4) is 0 Å². The van der Waals surface area contributed by atoms with E-state index in [0.29, 0.717) is 0 Å². The molecule has 0 aromatic heterocycles. The van der Waals surface area contributed by atoms with Crippen molar-refractivity contribution < 1.29 is 31.2 Å². The Morgan fingerprint density at radius 2 is 1.64 bits per heavy atom. The number of imide groups is 2. The number of hydrogen-bond acceptors (Lipinski definition) is 8. The highest BCUT2D eigenvalue weighted by Crippen LogP contribution is 2.23. The second-order valence-electron chi connectivity index (χ2n) is 7.51. The molecule has 0 N–H and O–H groups in total. The van der Waals surface area contributed by atoms with Crippen LogP contribution < -0.4 is 0 Å². The molecule has 3 aliphatic rings. The van der Waals surface area contributed by atoms with Crippen LogP contribution in [0.1, 0.15) is 20.3 Å². The number of carbonyl (C=O) groups excluding carboxylic acids is 3. The molecular formula is C15H24N4O7S2. The number of hydrogen-bond donors (Lipinski definition) is 0. The normalized spacial score (nSPS) is 27.4. The fourth-order valence-corrected chi connectivity index (χ4v) is 8.15. The smallest absolute Gasteiger partial charge is 0.283 e. The molecule has 0 aromatic rings. The third kappa shape index (κ3) is 3.80. The third-order valence-corrected chi connectivity index (χ3v) is 9.55. The van der Waals surface area contributed by atoms with E-state index in [0.717, 1.165) is 9.80 Å². The molecular weight excluding hydrogens is 412 g/mol. The predicted octanol–water partition coefficient (Wildman–Crippen LogP) is -1.72.